The van der Waals surface area contributed by atoms with E-state index in [2.05, 4.69) is 44.1 Å². The molecule has 1 aromatic rings. The van der Waals surface area contributed by atoms with Gasteiger partial charge in [0.05, 0.1) is 11.1 Å². The molecule has 1 aliphatic carbocycles. The van der Waals surface area contributed by atoms with Crippen molar-refractivity contribution in [2.45, 2.75) is 38.1 Å². The maximum absolute atomic E-state index is 13.8. The van der Waals surface area contributed by atoms with Crippen LogP contribution in [0.4, 0.5) is 4.39 Å². The minimum absolute atomic E-state index is 0.0957. The van der Waals surface area contributed by atoms with E-state index in [9.17, 15) is 9.18 Å². The molecule has 0 saturated heterocycles. The van der Waals surface area contributed by atoms with Crippen molar-refractivity contribution < 1.29 is 9.18 Å². The first-order valence-electron chi connectivity index (χ1n) is 6.79. The summed E-state index contributed by atoms with van der Waals surface area (Å²) in [4.78, 5) is 12.3. The van der Waals surface area contributed by atoms with E-state index < -0.39 is 5.82 Å². The molecule has 0 aromatic heterocycles. The van der Waals surface area contributed by atoms with Crippen molar-refractivity contribution in [3.05, 3.63) is 34.1 Å². The lowest BCUT2D eigenvalue weighted by Gasteiger charge is -2.39. The number of amides is 1. The van der Waals surface area contributed by atoms with Gasteiger partial charge in [0, 0.05) is 9.80 Å². The number of nitrogens with one attached hydrogen (secondary N) is 1. The fraction of sp³-hybridized carbons (Fsp3) is 0.533. The molecule has 0 spiro atoms. The van der Waals surface area contributed by atoms with Crippen LogP contribution in [0.3, 0.4) is 0 Å². The van der Waals surface area contributed by atoms with E-state index in [1.807, 2.05) is 0 Å². The summed E-state index contributed by atoms with van der Waals surface area (Å²) in [5, 5.41) is 3.74. The van der Waals surface area contributed by atoms with Crippen LogP contribution in [0, 0.1) is 11.7 Å². The highest BCUT2D eigenvalue weighted by atomic mass is 79.9. The lowest BCUT2D eigenvalue weighted by Crippen LogP contribution is -2.52. The van der Waals surface area contributed by atoms with Gasteiger partial charge in [-0.2, -0.15) is 0 Å². The predicted octanol–water partition coefficient (Wildman–Crippen LogP) is 4.66. The van der Waals surface area contributed by atoms with Gasteiger partial charge < -0.3 is 5.32 Å². The molecule has 1 N–H and O–H groups in total. The molecule has 0 heterocycles. The first kappa shape index (κ1) is 16.0. The molecule has 0 unspecified atom stereocenters. The number of halogens is 3. The van der Waals surface area contributed by atoms with Gasteiger partial charge >= 0.3 is 0 Å². The maximum atomic E-state index is 13.8. The van der Waals surface area contributed by atoms with Crippen molar-refractivity contribution in [3.8, 4) is 0 Å². The van der Waals surface area contributed by atoms with Crippen LogP contribution < -0.4 is 5.32 Å². The van der Waals surface area contributed by atoms with Crippen LogP contribution in [0.1, 0.15) is 43.0 Å². The second-order valence-electron chi connectivity index (χ2n) is 5.67. The standard InChI is InChI=1S/C15H18Br2FNO/c1-10-4-6-15(9-16,7-5-10)19-14(20)12-8-11(17)2-3-13(12)18/h2-3,8,10H,4-7,9H2,1H3,(H,19,20). The molecule has 2 rings (SSSR count). The average molecular weight is 407 g/mol. The second kappa shape index (κ2) is 6.56. The lowest BCUT2D eigenvalue weighted by atomic mass is 9.78. The highest BCUT2D eigenvalue weighted by molar-refractivity contribution is 9.10. The number of rotatable bonds is 3. The normalized spacial score (nSPS) is 26.3. The summed E-state index contributed by atoms with van der Waals surface area (Å²) in [6.07, 6.45) is 4.04. The Bertz CT molecular complexity index is 499. The third-order valence-corrected chi connectivity index (χ3v) is 5.61. The molecular formula is C15H18Br2FNO. The minimum atomic E-state index is -0.486. The zero-order valence-corrected chi connectivity index (χ0v) is 14.6. The van der Waals surface area contributed by atoms with Crippen LogP contribution in [-0.2, 0) is 0 Å². The van der Waals surface area contributed by atoms with Crippen molar-refractivity contribution in [2.24, 2.45) is 5.92 Å². The van der Waals surface area contributed by atoms with E-state index in [0.29, 0.717) is 15.7 Å². The first-order valence-corrected chi connectivity index (χ1v) is 8.71. The van der Waals surface area contributed by atoms with Crippen LogP contribution in [-0.4, -0.2) is 16.8 Å². The van der Waals surface area contributed by atoms with E-state index >= 15 is 0 Å². The highest BCUT2D eigenvalue weighted by Crippen LogP contribution is 2.33. The van der Waals surface area contributed by atoms with Gasteiger partial charge in [-0.05, 0) is 49.8 Å². The van der Waals surface area contributed by atoms with Crippen LogP contribution in [0.5, 0.6) is 0 Å². The summed E-state index contributed by atoms with van der Waals surface area (Å²) < 4.78 is 14.5. The Kier molecular flexibility index (Phi) is 5.24. The van der Waals surface area contributed by atoms with Gasteiger partial charge in [0.25, 0.3) is 5.91 Å². The number of alkyl halides is 1. The summed E-state index contributed by atoms with van der Waals surface area (Å²) in [6.45, 7) is 2.23. The molecule has 0 atom stereocenters. The quantitative estimate of drug-likeness (QED) is 0.726. The van der Waals surface area contributed by atoms with Gasteiger partial charge in [-0.3, -0.25) is 4.79 Å². The highest BCUT2D eigenvalue weighted by Gasteiger charge is 2.35. The van der Waals surface area contributed by atoms with Gasteiger partial charge in [0.1, 0.15) is 5.82 Å². The second-order valence-corrected chi connectivity index (χ2v) is 7.15. The minimum Gasteiger partial charge on any atom is -0.346 e. The molecule has 1 amide bonds. The number of carbonyl (C=O) groups is 1. The molecule has 0 bridgehead atoms. The molecule has 0 aliphatic heterocycles. The van der Waals surface area contributed by atoms with Crippen LogP contribution in [0.2, 0.25) is 0 Å². The number of hydrogen-bond acceptors (Lipinski definition) is 1. The van der Waals surface area contributed by atoms with Crippen LogP contribution in [0.25, 0.3) is 0 Å². The van der Waals surface area contributed by atoms with Gasteiger partial charge in [-0.15, -0.1) is 0 Å². The summed E-state index contributed by atoms with van der Waals surface area (Å²) >= 11 is 6.78. The molecule has 2 nitrogen and oxygen atoms in total. The molecule has 1 saturated carbocycles. The van der Waals surface area contributed by atoms with Crippen LogP contribution >= 0.6 is 31.9 Å². The molecule has 0 radical (unpaired) electrons. The molecule has 1 aromatic carbocycles. The van der Waals surface area contributed by atoms with Crippen molar-refractivity contribution >= 4 is 37.8 Å². The third-order valence-electron chi connectivity index (χ3n) is 4.04. The Morgan fingerprint density at radius 1 is 1.45 bits per heavy atom. The fourth-order valence-electron chi connectivity index (χ4n) is 2.59. The Hall–Kier alpha value is -0.420. The monoisotopic (exact) mass is 405 g/mol. The Labute approximate surface area is 135 Å². The number of benzene rings is 1. The maximum Gasteiger partial charge on any atom is 0.254 e. The summed E-state index contributed by atoms with van der Waals surface area (Å²) in [7, 11) is 0. The Morgan fingerprint density at radius 3 is 2.70 bits per heavy atom. The zero-order valence-electron chi connectivity index (χ0n) is 11.4. The number of hydrogen-bond donors (Lipinski definition) is 1. The number of carbonyl (C=O) groups excluding carboxylic acids is 1. The van der Waals surface area contributed by atoms with Gasteiger partial charge in [-0.25, -0.2) is 4.39 Å². The largest absolute Gasteiger partial charge is 0.346 e. The van der Waals surface area contributed by atoms with Crippen molar-refractivity contribution in [2.75, 3.05) is 5.33 Å². The van der Waals surface area contributed by atoms with Crippen molar-refractivity contribution in [3.63, 3.8) is 0 Å². The average Bonchev–Trinajstić information content (AvgIpc) is 2.44. The summed E-state index contributed by atoms with van der Waals surface area (Å²) in [6, 6.07) is 4.43. The van der Waals surface area contributed by atoms with Gasteiger partial charge in [0.2, 0.25) is 0 Å². The first-order chi connectivity index (χ1) is 9.46. The van der Waals surface area contributed by atoms with E-state index in [-0.39, 0.29) is 17.0 Å². The van der Waals surface area contributed by atoms with Crippen molar-refractivity contribution in [1.29, 1.82) is 0 Å². The lowest BCUT2D eigenvalue weighted by molar-refractivity contribution is 0.0870. The molecule has 1 aliphatic rings. The molecule has 20 heavy (non-hydrogen) atoms. The molecule has 110 valence electrons. The van der Waals surface area contributed by atoms with E-state index in [1.54, 1.807) is 6.07 Å². The van der Waals surface area contributed by atoms with Gasteiger partial charge in [0.15, 0.2) is 0 Å². The van der Waals surface area contributed by atoms with Gasteiger partial charge in [-0.1, -0.05) is 38.8 Å². The van der Waals surface area contributed by atoms with Crippen LogP contribution in [0.15, 0.2) is 22.7 Å². The molecular weight excluding hydrogens is 389 g/mol. The molecule has 5 heteroatoms. The third kappa shape index (κ3) is 3.61. The fourth-order valence-corrected chi connectivity index (χ4v) is 3.65. The van der Waals surface area contributed by atoms with E-state index in [0.717, 1.165) is 25.7 Å². The predicted molar refractivity (Wildman–Crippen MR) is 85.7 cm³/mol. The smallest absolute Gasteiger partial charge is 0.254 e. The Morgan fingerprint density at radius 2 is 2.10 bits per heavy atom. The van der Waals surface area contributed by atoms with E-state index in [4.69, 9.17) is 0 Å². The Balaban J connectivity index is 2.15. The van der Waals surface area contributed by atoms with Crippen molar-refractivity contribution in [1.82, 2.24) is 5.32 Å². The SMILES string of the molecule is CC1CCC(CBr)(NC(=O)c2cc(Br)ccc2F)CC1. The topological polar surface area (TPSA) is 29.1 Å². The summed E-state index contributed by atoms with van der Waals surface area (Å²) in [5.41, 5.74) is -0.156. The summed E-state index contributed by atoms with van der Waals surface area (Å²) in [5.74, 6) is -0.126. The molecule has 1 fully saturated rings. The van der Waals surface area contributed by atoms with E-state index in [1.165, 1.54) is 12.1 Å². The zero-order chi connectivity index (χ0) is 14.8.